The minimum Gasteiger partial charge on any atom is -0.384 e. The zero-order valence-corrected chi connectivity index (χ0v) is 9.89. The summed E-state index contributed by atoms with van der Waals surface area (Å²) in [6, 6.07) is 7.51. The second-order valence-corrected chi connectivity index (χ2v) is 4.12. The van der Waals surface area contributed by atoms with Crippen LogP contribution in [-0.2, 0) is 4.74 Å². The monoisotopic (exact) mass is 234 g/mol. The maximum absolute atomic E-state index is 10.5. The lowest BCUT2D eigenvalue weighted by atomic mass is 10.2. The topological polar surface area (TPSA) is 41.6 Å². The Labute approximate surface area is 102 Å². The number of rotatable bonds is 5. The first-order valence-electron chi connectivity index (χ1n) is 5.98. The molecule has 1 aromatic rings. The van der Waals surface area contributed by atoms with Crippen LogP contribution in [0.2, 0.25) is 0 Å². The molecule has 0 amide bonds. The van der Waals surface area contributed by atoms with E-state index in [0.29, 0.717) is 5.56 Å². The average molecular weight is 234 g/mol. The summed E-state index contributed by atoms with van der Waals surface area (Å²) in [4.78, 5) is 12.9. The van der Waals surface area contributed by atoms with Gasteiger partial charge in [0.1, 0.15) is 6.29 Å². The van der Waals surface area contributed by atoms with Gasteiger partial charge in [-0.3, -0.25) is 9.69 Å². The van der Waals surface area contributed by atoms with E-state index in [1.807, 2.05) is 24.3 Å². The first-order chi connectivity index (χ1) is 8.38. The number of hydrogen-bond donors (Lipinski definition) is 1. The highest BCUT2D eigenvalue weighted by molar-refractivity contribution is 5.75. The van der Waals surface area contributed by atoms with Crippen molar-refractivity contribution in [3.05, 3.63) is 29.8 Å². The number of nitrogens with zero attached hydrogens (tertiary/aromatic N) is 1. The van der Waals surface area contributed by atoms with Gasteiger partial charge < -0.3 is 10.1 Å². The number of carbonyl (C=O) groups is 1. The third-order valence-corrected chi connectivity index (χ3v) is 2.91. The van der Waals surface area contributed by atoms with Gasteiger partial charge in [-0.05, 0) is 24.3 Å². The summed E-state index contributed by atoms with van der Waals surface area (Å²) in [5.74, 6) is 0. The number of carbonyl (C=O) groups excluding carboxylic acids is 1. The first-order valence-corrected chi connectivity index (χ1v) is 5.98. The van der Waals surface area contributed by atoms with Gasteiger partial charge in [-0.1, -0.05) is 0 Å². The molecule has 1 aromatic carbocycles. The first kappa shape index (κ1) is 12.1. The average Bonchev–Trinajstić information content (AvgIpc) is 2.41. The molecule has 2 rings (SSSR count). The molecule has 0 atom stereocenters. The van der Waals surface area contributed by atoms with E-state index in [9.17, 15) is 4.79 Å². The maximum atomic E-state index is 10.5. The summed E-state index contributed by atoms with van der Waals surface area (Å²) in [6.07, 6.45) is 0.859. The van der Waals surface area contributed by atoms with Crippen molar-refractivity contribution < 1.29 is 9.53 Å². The minimum atomic E-state index is 0.712. The van der Waals surface area contributed by atoms with Gasteiger partial charge in [0.05, 0.1) is 13.2 Å². The summed E-state index contributed by atoms with van der Waals surface area (Å²) < 4.78 is 5.29. The fourth-order valence-corrected chi connectivity index (χ4v) is 1.86. The maximum Gasteiger partial charge on any atom is 0.150 e. The molecule has 1 aliphatic heterocycles. The van der Waals surface area contributed by atoms with E-state index in [1.165, 1.54) is 0 Å². The number of morpholine rings is 1. The number of ether oxygens (including phenoxy) is 1. The molecule has 0 bridgehead atoms. The molecular weight excluding hydrogens is 216 g/mol. The molecule has 0 aromatic heterocycles. The molecule has 0 saturated carbocycles. The van der Waals surface area contributed by atoms with Crippen molar-refractivity contribution in [1.82, 2.24) is 4.90 Å². The largest absolute Gasteiger partial charge is 0.384 e. The Balaban J connectivity index is 1.71. The van der Waals surface area contributed by atoms with E-state index in [-0.39, 0.29) is 0 Å². The smallest absolute Gasteiger partial charge is 0.150 e. The zero-order chi connectivity index (χ0) is 11.9. The lowest BCUT2D eigenvalue weighted by Gasteiger charge is -2.26. The molecule has 0 unspecified atom stereocenters. The molecular formula is C13H18N2O2. The lowest BCUT2D eigenvalue weighted by Crippen LogP contribution is -2.38. The van der Waals surface area contributed by atoms with Crippen molar-refractivity contribution in [3.8, 4) is 0 Å². The molecule has 1 saturated heterocycles. The quantitative estimate of drug-likeness (QED) is 0.778. The third kappa shape index (κ3) is 3.84. The molecule has 4 heteroatoms. The van der Waals surface area contributed by atoms with Crippen LogP contribution in [-0.4, -0.2) is 50.6 Å². The van der Waals surface area contributed by atoms with Gasteiger partial charge in [-0.25, -0.2) is 0 Å². The Morgan fingerprint density at radius 2 is 1.94 bits per heavy atom. The molecule has 0 spiro atoms. The summed E-state index contributed by atoms with van der Waals surface area (Å²) in [7, 11) is 0. The van der Waals surface area contributed by atoms with E-state index in [0.717, 1.165) is 51.4 Å². The normalized spacial score (nSPS) is 16.7. The standard InChI is InChI=1S/C13H18N2O2/c16-11-12-1-3-13(4-2-12)14-5-6-15-7-9-17-10-8-15/h1-4,11,14H,5-10H2. The molecule has 17 heavy (non-hydrogen) atoms. The van der Waals surface area contributed by atoms with E-state index >= 15 is 0 Å². The van der Waals surface area contributed by atoms with Crippen LogP contribution in [0, 0.1) is 0 Å². The molecule has 4 nitrogen and oxygen atoms in total. The van der Waals surface area contributed by atoms with Crippen molar-refractivity contribution in [2.24, 2.45) is 0 Å². The van der Waals surface area contributed by atoms with Crippen molar-refractivity contribution in [1.29, 1.82) is 0 Å². The highest BCUT2D eigenvalue weighted by Crippen LogP contribution is 2.07. The summed E-state index contributed by atoms with van der Waals surface area (Å²) in [6.45, 7) is 5.67. The number of nitrogens with one attached hydrogen (secondary N) is 1. The Morgan fingerprint density at radius 3 is 2.59 bits per heavy atom. The molecule has 1 N–H and O–H groups in total. The van der Waals surface area contributed by atoms with Gasteiger partial charge in [0.2, 0.25) is 0 Å². The van der Waals surface area contributed by atoms with E-state index < -0.39 is 0 Å². The lowest BCUT2D eigenvalue weighted by molar-refractivity contribution is 0.0398. The molecule has 1 heterocycles. The van der Waals surface area contributed by atoms with Crippen LogP contribution in [0.4, 0.5) is 5.69 Å². The Morgan fingerprint density at radius 1 is 1.24 bits per heavy atom. The number of aldehydes is 1. The fourth-order valence-electron chi connectivity index (χ4n) is 1.86. The van der Waals surface area contributed by atoms with E-state index in [1.54, 1.807) is 0 Å². The van der Waals surface area contributed by atoms with Gasteiger partial charge in [-0.2, -0.15) is 0 Å². The van der Waals surface area contributed by atoms with Crippen molar-refractivity contribution >= 4 is 12.0 Å². The Hall–Kier alpha value is -1.39. The van der Waals surface area contributed by atoms with Gasteiger partial charge in [0.15, 0.2) is 0 Å². The summed E-state index contributed by atoms with van der Waals surface area (Å²) in [5, 5.41) is 3.34. The van der Waals surface area contributed by atoms with E-state index in [4.69, 9.17) is 4.74 Å². The van der Waals surface area contributed by atoms with Crippen LogP contribution in [0.1, 0.15) is 10.4 Å². The third-order valence-electron chi connectivity index (χ3n) is 2.91. The van der Waals surface area contributed by atoms with Gasteiger partial charge >= 0.3 is 0 Å². The second-order valence-electron chi connectivity index (χ2n) is 4.12. The second kappa shape index (κ2) is 6.37. The molecule has 1 fully saturated rings. The highest BCUT2D eigenvalue weighted by Gasteiger charge is 2.08. The van der Waals surface area contributed by atoms with E-state index in [2.05, 4.69) is 10.2 Å². The van der Waals surface area contributed by atoms with Crippen molar-refractivity contribution in [2.75, 3.05) is 44.7 Å². The van der Waals surface area contributed by atoms with Crippen LogP contribution in [0.25, 0.3) is 0 Å². The predicted molar refractivity (Wildman–Crippen MR) is 67.6 cm³/mol. The fraction of sp³-hybridized carbons (Fsp3) is 0.462. The summed E-state index contributed by atoms with van der Waals surface area (Å²) in [5.41, 5.74) is 1.77. The van der Waals surface area contributed by atoms with Gasteiger partial charge in [0, 0.05) is 37.4 Å². The predicted octanol–water partition coefficient (Wildman–Crippen LogP) is 1.24. The Kier molecular flexibility index (Phi) is 4.53. The zero-order valence-electron chi connectivity index (χ0n) is 9.89. The van der Waals surface area contributed by atoms with Gasteiger partial charge in [-0.15, -0.1) is 0 Å². The summed E-state index contributed by atoms with van der Waals surface area (Å²) >= 11 is 0. The molecule has 0 aliphatic carbocycles. The number of anilines is 1. The Bertz CT molecular complexity index is 345. The molecule has 92 valence electrons. The number of hydrogen-bond acceptors (Lipinski definition) is 4. The van der Waals surface area contributed by atoms with Crippen LogP contribution in [0.5, 0.6) is 0 Å². The SMILES string of the molecule is O=Cc1ccc(NCCN2CCOCC2)cc1. The van der Waals surface area contributed by atoms with Gasteiger partial charge in [0.25, 0.3) is 0 Å². The number of benzene rings is 1. The van der Waals surface area contributed by atoms with Crippen LogP contribution in [0.15, 0.2) is 24.3 Å². The van der Waals surface area contributed by atoms with Crippen molar-refractivity contribution in [3.63, 3.8) is 0 Å². The van der Waals surface area contributed by atoms with Crippen LogP contribution >= 0.6 is 0 Å². The molecule has 0 radical (unpaired) electrons. The van der Waals surface area contributed by atoms with Crippen LogP contribution < -0.4 is 5.32 Å². The van der Waals surface area contributed by atoms with Crippen LogP contribution in [0.3, 0.4) is 0 Å². The molecule has 1 aliphatic rings. The highest BCUT2D eigenvalue weighted by atomic mass is 16.5. The van der Waals surface area contributed by atoms with Crippen molar-refractivity contribution in [2.45, 2.75) is 0 Å². The minimum absolute atomic E-state index is 0.712.